The summed E-state index contributed by atoms with van der Waals surface area (Å²) in [6.45, 7) is 6.18. The van der Waals surface area contributed by atoms with Gasteiger partial charge in [0, 0.05) is 29.7 Å². The number of amides is 1. The number of likely N-dealkylation sites (N-methyl/N-ethyl adjacent to an activating group) is 1. The minimum absolute atomic E-state index is 0.178. The van der Waals surface area contributed by atoms with E-state index in [9.17, 15) is 4.79 Å². The number of methoxy groups -OCH3 is 1. The molecule has 3 atom stereocenters. The van der Waals surface area contributed by atoms with E-state index >= 15 is 0 Å². The zero-order valence-corrected chi connectivity index (χ0v) is 22.3. The first-order valence-electron chi connectivity index (χ1n) is 12.7. The molecular formula is C27H32ClN7O3. The molecule has 11 heteroatoms. The van der Waals surface area contributed by atoms with Crippen molar-refractivity contribution >= 4 is 40.2 Å². The van der Waals surface area contributed by atoms with Crippen molar-refractivity contribution in [1.82, 2.24) is 25.2 Å². The first-order chi connectivity index (χ1) is 18.5. The summed E-state index contributed by atoms with van der Waals surface area (Å²) in [5, 5.41) is 11.1. The molecule has 10 nitrogen and oxygen atoms in total. The van der Waals surface area contributed by atoms with Gasteiger partial charge in [-0.25, -0.2) is 15.0 Å². The van der Waals surface area contributed by atoms with Crippen LogP contribution in [-0.2, 0) is 9.53 Å². The largest absolute Gasteiger partial charge is 0.495 e. The first-order valence-corrected chi connectivity index (χ1v) is 13.1. The highest BCUT2D eigenvalue weighted by molar-refractivity contribution is 6.34. The predicted octanol–water partition coefficient (Wildman–Crippen LogP) is 3.34. The Morgan fingerprint density at radius 2 is 2.16 bits per heavy atom. The Hall–Kier alpha value is -3.47. The summed E-state index contributed by atoms with van der Waals surface area (Å²) < 4.78 is 11.0. The van der Waals surface area contributed by atoms with Gasteiger partial charge in [0.1, 0.15) is 11.3 Å². The zero-order chi connectivity index (χ0) is 26.6. The molecule has 0 saturated carbocycles. The van der Waals surface area contributed by atoms with Crippen LogP contribution in [0.15, 0.2) is 43.1 Å². The molecule has 2 aromatic heterocycles. The lowest BCUT2D eigenvalue weighted by Crippen LogP contribution is -2.45. The van der Waals surface area contributed by atoms with Gasteiger partial charge in [-0.1, -0.05) is 30.3 Å². The standard InChI is InChI=1S/C27H32ClN7O3/c1-4-23(36)31-20-14-38-15-21(20)33-27-30-12-16-11-19(18-8-5-9-22(37-3)24(18)28)32-26(25(16)34-27)29-13-17-7-6-10-35(17)2/h4-5,8-9,11-12,17,20-21H,1,6-7,10,13-15H2,2-3H3,(H,29,32)(H,31,36)(H,30,33,34)/t17?,20-,21+/m0/s1. The van der Waals surface area contributed by atoms with E-state index in [1.54, 1.807) is 13.3 Å². The molecule has 3 aromatic rings. The fourth-order valence-corrected chi connectivity index (χ4v) is 5.23. The van der Waals surface area contributed by atoms with Crippen LogP contribution in [0.1, 0.15) is 12.8 Å². The van der Waals surface area contributed by atoms with Crippen molar-refractivity contribution in [2.24, 2.45) is 0 Å². The van der Waals surface area contributed by atoms with E-state index < -0.39 is 0 Å². The number of nitrogens with zero attached hydrogens (tertiary/aromatic N) is 4. The van der Waals surface area contributed by atoms with Gasteiger partial charge in [-0.05, 0) is 44.6 Å². The highest BCUT2D eigenvalue weighted by Gasteiger charge is 2.30. The number of aromatic nitrogens is 3. The second-order valence-electron chi connectivity index (χ2n) is 9.57. The van der Waals surface area contributed by atoms with E-state index in [0.29, 0.717) is 53.0 Å². The third-order valence-corrected chi connectivity index (χ3v) is 7.50. The highest BCUT2D eigenvalue weighted by atomic mass is 35.5. The number of likely N-dealkylation sites (tertiary alicyclic amines) is 1. The molecular weight excluding hydrogens is 506 g/mol. The van der Waals surface area contributed by atoms with Gasteiger partial charge in [0.25, 0.3) is 0 Å². The van der Waals surface area contributed by atoms with Gasteiger partial charge in [0.05, 0.1) is 43.1 Å². The van der Waals surface area contributed by atoms with Gasteiger partial charge in [-0.2, -0.15) is 0 Å². The number of fused-ring (bicyclic) bond motifs is 1. The van der Waals surface area contributed by atoms with E-state index in [-0.39, 0.29) is 18.0 Å². The van der Waals surface area contributed by atoms with Crippen molar-refractivity contribution in [3.05, 3.63) is 48.1 Å². The van der Waals surface area contributed by atoms with Crippen molar-refractivity contribution in [2.45, 2.75) is 31.0 Å². The van der Waals surface area contributed by atoms with Crippen LogP contribution in [0.25, 0.3) is 22.2 Å². The fourth-order valence-electron chi connectivity index (χ4n) is 4.93. The van der Waals surface area contributed by atoms with Crippen LogP contribution in [0.4, 0.5) is 11.8 Å². The Kier molecular flexibility index (Phi) is 7.92. The summed E-state index contributed by atoms with van der Waals surface area (Å²) in [7, 11) is 3.74. The smallest absolute Gasteiger partial charge is 0.243 e. The van der Waals surface area contributed by atoms with Crippen molar-refractivity contribution in [2.75, 3.05) is 51.1 Å². The van der Waals surface area contributed by atoms with Crippen LogP contribution in [-0.4, -0.2) is 84.3 Å². The number of benzene rings is 1. The number of anilines is 2. The molecule has 200 valence electrons. The SMILES string of the molecule is C=CC(=O)N[C@H]1COC[C@H]1Nc1ncc2cc(-c3cccc(OC)c3Cl)nc(NCC3CCCN3C)c2n1. The number of ether oxygens (including phenoxy) is 2. The minimum atomic E-state index is -0.247. The second-order valence-corrected chi connectivity index (χ2v) is 9.95. The molecule has 0 bridgehead atoms. The Morgan fingerprint density at radius 3 is 2.92 bits per heavy atom. The zero-order valence-electron chi connectivity index (χ0n) is 21.5. The number of halogens is 1. The predicted molar refractivity (Wildman–Crippen MR) is 149 cm³/mol. The third kappa shape index (κ3) is 5.52. The van der Waals surface area contributed by atoms with E-state index in [4.69, 9.17) is 31.0 Å². The van der Waals surface area contributed by atoms with Gasteiger partial charge in [0.15, 0.2) is 5.82 Å². The molecule has 2 saturated heterocycles. The van der Waals surface area contributed by atoms with Crippen LogP contribution in [0.3, 0.4) is 0 Å². The van der Waals surface area contributed by atoms with E-state index in [0.717, 1.165) is 30.5 Å². The van der Waals surface area contributed by atoms with Gasteiger partial charge in [-0.15, -0.1) is 0 Å². The average molecular weight is 538 g/mol. The summed E-state index contributed by atoms with van der Waals surface area (Å²) in [4.78, 5) is 28.5. The Labute approximate surface area is 226 Å². The molecule has 0 radical (unpaired) electrons. The average Bonchev–Trinajstić information content (AvgIpc) is 3.55. The molecule has 2 fully saturated rings. The van der Waals surface area contributed by atoms with Crippen molar-refractivity contribution in [3.8, 4) is 17.0 Å². The number of hydrogen-bond acceptors (Lipinski definition) is 9. The van der Waals surface area contributed by atoms with Crippen molar-refractivity contribution in [1.29, 1.82) is 0 Å². The van der Waals surface area contributed by atoms with E-state index in [1.807, 2.05) is 24.3 Å². The van der Waals surface area contributed by atoms with Crippen LogP contribution in [0, 0.1) is 0 Å². The summed E-state index contributed by atoms with van der Waals surface area (Å²) in [6.07, 6.45) is 5.33. The number of carbonyl (C=O) groups is 1. The molecule has 4 heterocycles. The molecule has 1 amide bonds. The van der Waals surface area contributed by atoms with Crippen molar-refractivity contribution < 1.29 is 14.3 Å². The lowest BCUT2D eigenvalue weighted by atomic mass is 10.1. The highest BCUT2D eigenvalue weighted by Crippen LogP contribution is 2.36. The number of hydrogen-bond donors (Lipinski definition) is 3. The molecule has 0 aliphatic carbocycles. The summed E-state index contributed by atoms with van der Waals surface area (Å²) >= 11 is 6.65. The Bertz CT molecular complexity index is 1340. The topological polar surface area (TPSA) is 114 Å². The quantitative estimate of drug-likeness (QED) is 0.354. The molecule has 2 aliphatic rings. The Balaban J connectivity index is 1.49. The van der Waals surface area contributed by atoms with Gasteiger partial charge >= 0.3 is 0 Å². The number of pyridine rings is 1. The maximum Gasteiger partial charge on any atom is 0.243 e. The monoisotopic (exact) mass is 537 g/mol. The van der Waals surface area contributed by atoms with Gasteiger partial charge in [0.2, 0.25) is 11.9 Å². The summed E-state index contributed by atoms with van der Waals surface area (Å²) in [5.74, 6) is 1.42. The van der Waals surface area contributed by atoms with Crippen LogP contribution in [0.2, 0.25) is 5.02 Å². The molecule has 3 N–H and O–H groups in total. The lowest BCUT2D eigenvalue weighted by molar-refractivity contribution is -0.117. The first kappa shape index (κ1) is 26.1. The fraction of sp³-hybridized carbons (Fsp3) is 0.407. The third-order valence-electron chi connectivity index (χ3n) is 7.11. The lowest BCUT2D eigenvalue weighted by Gasteiger charge is -2.21. The summed E-state index contributed by atoms with van der Waals surface area (Å²) in [5.41, 5.74) is 2.15. The molecule has 0 spiro atoms. The molecule has 38 heavy (non-hydrogen) atoms. The van der Waals surface area contributed by atoms with Gasteiger partial charge < -0.3 is 30.3 Å². The molecule has 1 aromatic carbocycles. The number of nitrogens with one attached hydrogen (secondary N) is 3. The maximum absolute atomic E-state index is 11.8. The van der Waals surface area contributed by atoms with E-state index in [1.165, 1.54) is 12.5 Å². The Morgan fingerprint density at radius 1 is 1.32 bits per heavy atom. The van der Waals surface area contributed by atoms with Crippen LogP contribution >= 0.6 is 11.6 Å². The van der Waals surface area contributed by atoms with Crippen LogP contribution < -0.4 is 20.7 Å². The molecule has 1 unspecified atom stereocenters. The number of carbonyl (C=O) groups excluding carboxylic acids is 1. The van der Waals surface area contributed by atoms with Gasteiger partial charge in [-0.3, -0.25) is 4.79 Å². The molecule has 2 aliphatic heterocycles. The molecule has 5 rings (SSSR count). The van der Waals surface area contributed by atoms with E-state index in [2.05, 4.69) is 39.5 Å². The summed E-state index contributed by atoms with van der Waals surface area (Å²) in [6, 6.07) is 7.58. The minimum Gasteiger partial charge on any atom is -0.495 e. The second kappa shape index (κ2) is 11.5. The maximum atomic E-state index is 11.8. The normalized spacial score (nSPS) is 21.4. The van der Waals surface area contributed by atoms with Crippen LogP contribution in [0.5, 0.6) is 5.75 Å². The number of rotatable bonds is 9. The van der Waals surface area contributed by atoms with Crippen molar-refractivity contribution in [3.63, 3.8) is 0 Å².